The van der Waals surface area contributed by atoms with E-state index in [1.807, 2.05) is 23.2 Å². The highest BCUT2D eigenvalue weighted by atomic mass is 16.2. The molecule has 1 aliphatic rings. The van der Waals surface area contributed by atoms with E-state index >= 15 is 0 Å². The Morgan fingerprint density at radius 3 is 2.52 bits per heavy atom. The van der Waals surface area contributed by atoms with Crippen molar-refractivity contribution in [3.05, 3.63) is 53.6 Å². The summed E-state index contributed by atoms with van der Waals surface area (Å²) < 4.78 is 2.30. The van der Waals surface area contributed by atoms with E-state index in [1.165, 1.54) is 11.4 Å². The highest BCUT2D eigenvalue weighted by molar-refractivity contribution is 5.94. The van der Waals surface area contributed by atoms with Crippen LogP contribution in [-0.2, 0) is 13.0 Å². The first kappa shape index (κ1) is 19.6. The molecule has 3 rings (SSSR count). The van der Waals surface area contributed by atoms with E-state index in [4.69, 9.17) is 0 Å². The number of rotatable bonds is 7. The quantitative estimate of drug-likeness (QED) is 0.752. The summed E-state index contributed by atoms with van der Waals surface area (Å²) in [5, 5.41) is 0. The first-order valence-corrected chi connectivity index (χ1v) is 10.1. The highest BCUT2D eigenvalue weighted by Crippen LogP contribution is 2.28. The van der Waals surface area contributed by atoms with Crippen molar-refractivity contribution in [3.8, 4) is 0 Å². The molecule has 2 aromatic rings. The van der Waals surface area contributed by atoms with Crippen molar-refractivity contribution in [1.29, 1.82) is 0 Å². The monoisotopic (exact) mass is 368 g/mol. The van der Waals surface area contributed by atoms with Gasteiger partial charge in [-0.05, 0) is 64.0 Å². The predicted octanol–water partition coefficient (Wildman–Crippen LogP) is 3.42. The van der Waals surface area contributed by atoms with E-state index in [0.29, 0.717) is 5.92 Å². The van der Waals surface area contributed by atoms with E-state index in [-0.39, 0.29) is 5.91 Å². The third-order valence-electron chi connectivity index (χ3n) is 5.51. The number of benzene rings is 1. The van der Waals surface area contributed by atoms with Crippen molar-refractivity contribution in [3.63, 3.8) is 0 Å². The standard InChI is InChI=1S/C22H32N4O/c1-4-18-6-8-20(9-7-18)22(27)26-15-10-19(11-16-26)21-23-12-17-25(21)14-5-13-24(2)3/h6-9,12,17,19H,4-5,10-11,13-16H2,1-3H3. The third-order valence-corrected chi connectivity index (χ3v) is 5.51. The number of piperidine rings is 1. The lowest BCUT2D eigenvalue weighted by atomic mass is 9.95. The average molecular weight is 369 g/mol. The van der Waals surface area contributed by atoms with E-state index in [1.54, 1.807) is 0 Å². The Kier molecular flexibility index (Phi) is 6.67. The molecule has 1 saturated heterocycles. The fraction of sp³-hybridized carbons (Fsp3) is 0.545. The number of amides is 1. The van der Waals surface area contributed by atoms with Gasteiger partial charge in [-0.15, -0.1) is 0 Å². The smallest absolute Gasteiger partial charge is 0.253 e. The first-order chi connectivity index (χ1) is 13.1. The molecular formula is C22H32N4O. The molecule has 1 aliphatic heterocycles. The van der Waals surface area contributed by atoms with Crippen LogP contribution in [0.4, 0.5) is 0 Å². The Morgan fingerprint density at radius 2 is 1.89 bits per heavy atom. The summed E-state index contributed by atoms with van der Waals surface area (Å²) >= 11 is 0. The number of hydrogen-bond acceptors (Lipinski definition) is 3. The molecule has 0 spiro atoms. The van der Waals surface area contributed by atoms with Crippen molar-refractivity contribution >= 4 is 5.91 Å². The lowest BCUT2D eigenvalue weighted by Gasteiger charge is -2.32. The molecular weight excluding hydrogens is 336 g/mol. The van der Waals surface area contributed by atoms with E-state index in [0.717, 1.165) is 57.4 Å². The van der Waals surface area contributed by atoms with E-state index in [9.17, 15) is 4.79 Å². The van der Waals surface area contributed by atoms with Gasteiger partial charge < -0.3 is 14.4 Å². The van der Waals surface area contributed by atoms with Crippen LogP contribution in [0.5, 0.6) is 0 Å². The maximum absolute atomic E-state index is 12.8. The van der Waals surface area contributed by atoms with Gasteiger partial charge in [0, 0.05) is 43.5 Å². The van der Waals surface area contributed by atoms with Gasteiger partial charge in [0.2, 0.25) is 0 Å². The van der Waals surface area contributed by atoms with Gasteiger partial charge in [0.05, 0.1) is 0 Å². The second-order valence-corrected chi connectivity index (χ2v) is 7.75. The van der Waals surface area contributed by atoms with E-state index < -0.39 is 0 Å². The number of aryl methyl sites for hydroxylation is 2. The minimum absolute atomic E-state index is 0.158. The lowest BCUT2D eigenvalue weighted by Crippen LogP contribution is -2.38. The van der Waals surface area contributed by atoms with Crippen molar-refractivity contribution in [2.45, 2.75) is 45.1 Å². The Balaban J connectivity index is 1.55. The SMILES string of the molecule is CCc1ccc(C(=O)N2CCC(c3nccn3CCCN(C)C)CC2)cc1. The van der Waals surface area contributed by atoms with Gasteiger partial charge in [-0.3, -0.25) is 4.79 Å². The molecule has 2 heterocycles. The fourth-order valence-electron chi connectivity index (χ4n) is 3.83. The second-order valence-electron chi connectivity index (χ2n) is 7.75. The minimum Gasteiger partial charge on any atom is -0.339 e. The molecule has 27 heavy (non-hydrogen) atoms. The summed E-state index contributed by atoms with van der Waals surface area (Å²) in [6, 6.07) is 8.05. The number of nitrogens with zero attached hydrogens (tertiary/aromatic N) is 4. The van der Waals surface area contributed by atoms with Gasteiger partial charge in [-0.1, -0.05) is 19.1 Å². The molecule has 146 valence electrons. The van der Waals surface area contributed by atoms with Gasteiger partial charge in [0.1, 0.15) is 5.82 Å². The summed E-state index contributed by atoms with van der Waals surface area (Å²) in [5.41, 5.74) is 2.07. The van der Waals surface area contributed by atoms with E-state index in [2.05, 4.69) is 53.8 Å². The summed E-state index contributed by atoms with van der Waals surface area (Å²) in [6.07, 6.45) is 8.12. The molecule has 1 aromatic carbocycles. The Labute approximate surface area is 163 Å². The number of carbonyl (C=O) groups excluding carboxylic acids is 1. The van der Waals surface area contributed by atoms with Crippen molar-refractivity contribution in [2.24, 2.45) is 0 Å². The molecule has 0 aliphatic carbocycles. The molecule has 0 saturated carbocycles. The average Bonchev–Trinajstić information content (AvgIpc) is 3.16. The normalized spacial score (nSPS) is 15.5. The molecule has 0 unspecified atom stereocenters. The number of likely N-dealkylation sites (tertiary alicyclic amines) is 1. The minimum atomic E-state index is 0.158. The van der Waals surface area contributed by atoms with Gasteiger partial charge in [0.25, 0.3) is 5.91 Å². The van der Waals surface area contributed by atoms with Crippen LogP contribution in [0.3, 0.4) is 0 Å². The van der Waals surface area contributed by atoms with Gasteiger partial charge in [0.15, 0.2) is 0 Å². The Hall–Kier alpha value is -2.14. The molecule has 0 radical (unpaired) electrons. The fourth-order valence-corrected chi connectivity index (χ4v) is 3.83. The number of imidazole rings is 1. The Morgan fingerprint density at radius 1 is 1.19 bits per heavy atom. The van der Waals surface area contributed by atoms with Crippen LogP contribution in [0.2, 0.25) is 0 Å². The van der Waals surface area contributed by atoms with Gasteiger partial charge in [-0.2, -0.15) is 0 Å². The summed E-state index contributed by atoms with van der Waals surface area (Å²) in [6.45, 7) is 5.84. The maximum Gasteiger partial charge on any atom is 0.253 e. The zero-order valence-corrected chi connectivity index (χ0v) is 16.9. The molecule has 5 heteroatoms. The van der Waals surface area contributed by atoms with Crippen molar-refractivity contribution in [2.75, 3.05) is 33.7 Å². The maximum atomic E-state index is 12.8. The summed E-state index contributed by atoms with van der Waals surface area (Å²) in [7, 11) is 4.22. The number of carbonyl (C=O) groups is 1. The molecule has 0 bridgehead atoms. The number of hydrogen-bond donors (Lipinski definition) is 0. The molecule has 5 nitrogen and oxygen atoms in total. The molecule has 1 amide bonds. The van der Waals surface area contributed by atoms with Crippen LogP contribution in [0.1, 0.15) is 53.8 Å². The van der Waals surface area contributed by atoms with Gasteiger partial charge >= 0.3 is 0 Å². The van der Waals surface area contributed by atoms with Crippen molar-refractivity contribution in [1.82, 2.24) is 19.4 Å². The molecule has 0 atom stereocenters. The predicted molar refractivity (Wildman–Crippen MR) is 109 cm³/mol. The van der Waals surface area contributed by atoms with Crippen LogP contribution < -0.4 is 0 Å². The summed E-state index contributed by atoms with van der Waals surface area (Å²) in [5.74, 6) is 1.80. The van der Waals surface area contributed by atoms with Gasteiger partial charge in [-0.25, -0.2) is 4.98 Å². The molecule has 1 aromatic heterocycles. The van der Waals surface area contributed by atoms with Crippen molar-refractivity contribution < 1.29 is 4.79 Å². The van der Waals surface area contributed by atoms with Crippen LogP contribution in [0.15, 0.2) is 36.7 Å². The zero-order chi connectivity index (χ0) is 19.2. The van der Waals surface area contributed by atoms with Crippen LogP contribution in [0, 0.1) is 0 Å². The van der Waals surface area contributed by atoms with Crippen LogP contribution in [0.25, 0.3) is 0 Å². The second kappa shape index (κ2) is 9.18. The largest absolute Gasteiger partial charge is 0.339 e. The number of aromatic nitrogens is 2. The molecule has 0 N–H and O–H groups in total. The molecule has 1 fully saturated rings. The Bertz CT molecular complexity index is 727. The lowest BCUT2D eigenvalue weighted by molar-refractivity contribution is 0.0710. The van der Waals surface area contributed by atoms with Crippen LogP contribution >= 0.6 is 0 Å². The summed E-state index contributed by atoms with van der Waals surface area (Å²) in [4.78, 5) is 21.6. The zero-order valence-electron chi connectivity index (χ0n) is 16.9. The topological polar surface area (TPSA) is 41.4 Å². The van der Waals surface area contributed by atoms with Crippen LogP contribution in [-0.4, -0.2) is 59.0 Å². The first-order valence-electron chi connectivity index (χ1n) is 10.1. The highest BCUT2D eigenvalue weighted by Gasteiger charge is 2.26. The third kappa shape index (κ3) is 4.98.